The number of benzene rings is 1. The Kier molecular flexibility index (Phi) is 4.32. The number of nitrogens with zero attached hydrogens (tertiary/aromatic N) is 1. The molecule has 114 valence electrons. The molecule has 0 aromatic heterocycles. The van der Waals surface area contributed by atoms with Gasteiger partial charge >= 0.3 is 5.97 Å². The average molecular weight is 311 g/mol. The van der Waals surface area contributed by atoms with Crippen molar-refractivity contribution in [2.45, 2.75) is 29.4 Å². The first kappa shape index (κ1) is 15.5. The van der Waals surface area contributed by atoms with Gasteiger partial charge in [0.15, 0.2) is 9.84 Å². The summed E-state index contributed by atoms with van der Waals surface area (Å²) >= 11 is 0. The fraction of sp³-hybridized carbons (Fsp3) is 0.429. The quantitative estimate of drug-likeness (QED) is 0.864. The summed E-state index contributed by atoms with van der Waals surface area (Å²) in [6.45, 7) is 0.444. The molecule has 0 bridgehead atoms. The van der Waals surface area contributed by atoms with Crippen LogP contribution >= 0.6 is 0 Å². The van der Waals surface area contributed by atoms with Gasteiger partial charge in [0.25, 0.3) is 0 Å². The van der Waals surface area contributed by atoms with Crippen molar-refractivity contribution in [3.63, 3.8) is 0 Å². The van der Waals surface area contributed by atoms with Gasteiger partial charge in [-0.2, -0.15) is 0 Å². The van der Waals surface area contributed by atoms with Gasteiger partial charge in [0.1, 0.15) is 5.25 Å². The summed E-state index contributed by atoms with van der Waals surface area (Å²) in [5.41, 5.74) is 0.756. The Morgan fingerprint density at radius 2 is 1.95 bits per heavy atom. The summed E-state index contributed by atoms with van der Waals surface area (Å²) in [6, 6.07) is 6.08. The van der Waals surface area contributed by atoms with Crippen LogP contribution in [0.25, 0.3) is 0 Å². The molecule has 1 aromatic rings. The minimum Gasteiger partial charge on any atom is -0.481 e. The number of rotatable bonds is 5. The molecule has 0 aliphatic carbocycles. The second-order valence-electron chi connectivity index (χ2n) is 5.12. The van der Waals surface area contributed by atoms with E-state index in [1.54, 1.807) is 19.2 Å². The third-order valence-electron chi connectivity index (χ3n) is 3.63. The van der Waals surface area contributed by atoms with Crippen LogP contribution < -0.4 is 0 Å². The van der Waals surface area contributed by atoms with Crippen LogP contribution in [0.2, 0.25) is 0 Å². The molecule has 1 aliphatic rings. The summed E-state index contributed by atoms with van der Waals surface area (Å²) in [5, 5.41) is 7.61. The number of carbonyl (C=O) groups is 2. The van der Waals surface area contributed by atoms with Crippen molar-refractivity contribution < 1.29 is 23.1 Å². The summed E-state index contributed by atoms with van der Waals surface area (Å²) in [7, 11) is -2.09. The largest absolute Gasteiger partial charge is 0.481 e. The first-order chi connectivity index (χ1) is 9.82. The zero-order valence-corrected chi connectivity index (χ0v) is 12.5. The summed E-state index contributed by atoms with van der Waals surface area (Å²) in [4.78, 5) is 23.9. The topological polar surface area (TPSA) is 91.8 Å². The minimum atomic E-state index is -3.68. The Hall–Kier alpha value is -1.89. The van der Waals surface area contributed by atoms with Crippen molar-refractivity contribution in [2.75, 3.05) is 13.6 Å². The highest BCUT2D eigenvalue weighted by Gasteiger charge is 2.40. The molecule has 1 heterocycles. The SMILES string of the molecule is CN1CCC(S(=O)(=O)c2ccc(CCC(=O)O)cc2)C1=O. The molecule has 0 spiro atoms. The lowest BCUT2D eigenvalue weighted by atomic mass is 10.1. The maximum Gasteiger partial charge on any atom is 0.303 e. The van der Waals surface area contributed by atoms with Gasteiger partial charge in [0.05, 0.1) is 4.90 Å². The number of aryl methyl sites for hydroxylation is 1. The van der Waals surface area contributed by atoms with Gasteiger partial charge in [0, 0.05) is 20.0 Å². The monoisotopic (exact) mass is 311 g/mol. The van der Waals surface area contributed by atoms with Crippen LogP contribution in [0.15, 0.2) is 29.2 Å². The van der Waals surface area contributed by atoms with Gasteiger partial charge in [0.2, 0.25) is 5.91 Å². The summed E-state index contributed by atoms with van der Waals surface area (Å²) in [6.07, 6.45) is 0.650. The molecule has 2 rings (SSSR count). The molecule has 1 atom stereocenters. The van der Waals surface area contributed by atoms with Crippen molar-refractivity contribution in [3.8, 4) is 0 Å². The highest BCUT2D eigenvalue weighted by molar-refractivity contribution is 7.92. The van der Waals surface area contributed by atoms with Crippen LogP contribution in [0.4, 0.5) is 0 Å². The maximum absolute atomic E-state index is 12.4. The van der Waals surface area contributed by atoms with Crippen molar-refractivity contribution in [3.05, 3.63) is 29.8 Å². The third kappa shape index (κ3) is 3.24. The molecule has 1 N–H and O–H groups in total. The van der Waals surface area contributed by atoms with Crippen molar-refractivity contribution in [1.29, 1.82) is 0 Å². The van der Waals surface area contributed by atoms with Crippen molar-refractivity contribution >= 4 is 21.7 Å². The number of hydrogen-bond donors (Lipinski definition) is 1. The van der Waals surface area contributed by atoms with E-state index in [0.29, 0.717) is 19.4 Å². The molecule has 1 fully saturated rings. The first-order valence-corrected chi connectivity index (χ1v) is 8.16. The average Bonchev–Trinajstić information content (AvgIpc) is 2.78. The lowest BCUT2D eigenvalue weighted by Gasteiger charge is -2.12. The number of likely N-dealkylation sites (tertiary alicyclic amines) is 1. The van der Waals surface area contributed by atoms with E-state index >= 15 is 0 Å². The molecule has 1 amide bonds. The van der Waals surface area contributed by atoms with Gasteiger partial charge in [-0.3, -0.25) is 9.59 Å². The van der Waals surface area contributed by atoms with Gasteiger partial charge < -0.3 is 10.0 Å². The van der Waals surface area contributed by atoms with Crippen LogP contribution in [-0.4, -0.2) is 49.1 Å². The fourth-order valence-electron chi connectivity index (χ4n) is 2.34. The Balaban J connectivity index is 2.18. The normalized spacial score (nSPS) is 19.0. The Labute approximate surface area is 123 Å². The molecular weight excluding hydrogens is 294 g/mol. The maximum atomic E-state index is 12.4. The van der Waals surface area contributed by atoms with Crippen LogP contribution in [0.1, 0.15) is 18.4 Å². The Morgan fingerprint density at radius 1 is 1.33 bits per heavy atom. The molecule has 21 heavy (non-hydrogen) atoms. The van der Waals surface area contributed by atoms with Crippen LogP contribution in [0.5, 0.6) is 0 Å². The van der Waals surface area contributed by atoms with Crippen LogP contribution in [0.3, 0.4) is 0 Å². The van der Waals surface area contributed by atoms with E-state index in [-0.39, 0.29) is 17.2 Å². The predicted molar refractivity (Wildman–Crippen MR) is 75.6 cm³/mol. The number of carbonyl (C=O) groups excluding carboxylic acids is 1. The number of amides is 1. The van der Waals surface area contributed by atoms with E-state index in [1.807, 2.05) is 0 Å². The second kappa shape index (κ2) is 5.85. The smallest absolute Gasteiger partial charge is 0.303 e. The van der Waals surface area contributed by atoms with Gasteiger partial charge in [-0.05, 0) is 30.5 Å². The third-order valence-corrected chi connectivity index (χ3v) is 5.75. The molecule has 1 saturated heterocycles. The molecule has 7 heteroatoms. The molecule has 1 aromatic carbocycles. The highest BCUT2D eigenvalue weighted by Crippen LogP contribution is 2.24. The fourth-order valence-corrected chi connectivity index (χ4v) is 4.04. The van der Waals surface area contributed by atoms with E-state index < -0.39 is 21.1 Å². The summed E-state index contributed by atoms with van der Waals surface area (Å²) < 4.78 is 24.9. The lowest BCUT2D eigenvalue weighted by Crippen LogP contribution is -2.31. The number of hydrogen-bond acceptors (Lipinski definition) is 4. The van der Waals surface area contributed by atoms with Gasteiger partial charge in [-0.25, -0.2) is 8.42 Å². The number of carboxylic acid groups (broad SMARTS) is 1. The van der Waals surface area contributed by atoms with Crippen molar-refractivity contribution in [1.82, 2.24) is 4.90 Å². The highest BCUT2D eigenvalue weighted by atomic mass is 32.2. The minimum absolute atomic E-state index is 0.00198. The second-order valence-corrected chi connectivity index (χ2v) is 7.25. The molecule has 0 saturated carbocycles. The predicted octanol–water partition coefficient (Wildman–Crippen LogP) is 0.708. The Bertz CT molecular complexity index is 650. The summed E-state index contributed by atoms with van der Waals surface area (Å²) in [5.74, 6) is -1.27. The molecule has 0 radical (unpaired) electrons. The van der Waals surface area contributed by atoms with E-state index in [4.69, 9.17) is 5.11 Å². The van der Waals surface area contributed by atoms with Crippen LogP contribution in [-0.2, 0) is 25.8 Å². The van der Waals surface area contributed by atoms with E-state index in [2.05, 4.69) is 0 Å². The zero-order chi connectivity index (χ0) is 15.6. The molecule has 1 unspecified atom stereocenters. The van der Waals surface area contributed by atoms with E-state index in [1.165, 1.54) is 17.0 Å². The van der Waals surface area contributed by atoms with E-state index in [0.717, 1.165) is 5.56 Å². The molecule has 1 aliphatic heterocycles. The molecular formula is C14H17NO5S. The Morgan fingerprint density at radius 3 is 2.43 bits per heavy atom. The molecule has 6 nitrogen and oxygen atoms in total. The lowest BCUT2D eigenvalue weighted by molar-refractivity contribution is -0.137. The van der Waals surface area contributed by atoms with Gasteiger partial charge in [-0.1, -0.05) is 12.1 Å². The van der Waals surface area contributed by atoms with Crippen LogP contribution in [0, 0.1) is 0 Å². The number of sulfone groups is 1. The van der Waals surface area contributed by atoms with Gasteiger partial charge in [-0.15, -0.1) is 0 Å². The standard InChI is InChI=1S/C14H17NO5S/c1-15-9-8-12(14(15)18)21(19,20)11-5-2-10(3-6-11)4-7-13(16)17/h2-3,5-6,12H,4,7-9H2,1H3,(H,16,17). The van der Waals surface area contributed by atoms with E-state index in [9.17, 15) is 18.0 Å². The number of aliphatic carboxylic acids is 1. The number of carboxylic acids is 1. The van der Waals surface area contributed by atoms with Crippen molar-refractivity contribution in [2.24, 2.45) is 0 Å². The first-order valence-electron chi connectivity index (χ1n) is 6.62. The zero-order valence-electron chi connectivity index (χ0n) is 11.7.